The maximum absolute atomic E-state index is 13.3. The van der Waals surface area contributed by atoms with Crippen LogP contribution in [0.2, 0.25) is 0 Å². The van der Waals surface area contributed by atoms with Crippen LogP contribution in [0.15, 0.2) is 66.7 Å². The summed E-state index contributed by atoms with van der Waals surface area (Å²) in [5.74, 6) is 1.17. The summed E-state index contributed by atoms with van der Waals surface area (Å²) >= 11 is 0. The van der Waals surface area contributed by atoms with Gasteiger partial charge < -0.3 is 14.7 Å². The summed E-state index contributed by atoms with van der Waals surface area (Å²) in [6, 6.07) is 22.8. The van der Waals surface area contributed by atoms with E-state index in [2.05, 4.69) is 56.1 Å². The lowest BCUT2D eigenvalue weighted by Gasteiger charge is -2.40. The number of anilines is 2. The van der Waals surface area contributed by atoms with Gasteiger partial charge in [0.1, 0.15) is 0 Å². The number of rotatable bonds is 4. The van der Waals surface area contributed by atoms with Crippen LogP contribution in [-0.2, 0) is 4.79 Å². The van der Waals surface area contributed by atoms with Gasteiger partial charge in [-0.15, -0.1) is 10.2 Å². The fourth-order valence-corrected chi connectivity index (χ4v) is 4.91. The van der Waals surface area contributed by atoms with Crippen molar-refractivity contribution >= 4 is 17.4 Å². The molecule has 1 atom stereocenters. The highest BCUT2D eigenvalue weighted by molar-refractivity contribution is 5.80. The summed E-state index contributed by atoms with van der Waals surface area (Å²) in [6.45, 7) is 7.11. The van der Waals surface area contributed by atoms with Crippen LogP contribution in [-0.4, -0.2) is 60.3 Å². The van der Waals surface area contributed by atoms with Crippen molar-refractivity contribution in [3.63, 3.8) is 0 Å². The Hall–Kier alpha value is -3.41. The summed E-state index contributed by atoms with van der Waals surface area (Å²) in [5, 5.41) is 8.91. The normalized spacial score (nSPS) is 18.9. The van der Waals surface area contributed by atoms with Crippen LogP contribution in [0.3, 0.4) is 0 Å². The fourth-order valence-electron chi connectivity index (χ4n) is 4.91. The van der Waals surface area contributed by atoms with Crippen LogP contribution >= 0.6 is 0 Å². The van der Waals surface area contributed by atoms with Crippen molar-refractivity contribution < 1.29 is 4.79 Å². The summed E-state index contributed by atoms with van der Waals surface area (Å²) in [5.41, 5.74) is 4.46. The highest BCUT2D eigenvalue weighted by atomic mass is 16.2. The molecule has 2 aromatic carbocycles. The Labute approximate surface area is 195 Å². The molecule has 3 aromatic rings. The first-order chi connectivity index (χ1) is 16.2. The number of amides is 1. The monoisotopic (exact) mass is 441 g/mol. The quantitative estimate of drug-likeness (QED) is 0.612. The van der Waals surface area contributed by atoms with Gasteiger partial charge >= 0.3 is 0 Å². The number of carbonyl (C=O) groups is 1. The zero-order chi connectivity index (χ0) is 22.6. The number of hydrogen-bond donors (Lipinski definition) is 0. The molecule has 5 rings (SSSR count). The molecule has 0 spiro atoms. The number of nitrogens with zero attached hydrogens (tertiary/aromatic N) is 5. The van der Waals surface area contributed by atoms with Gasteiger partial charge in [-0.3, -0.25) is 4.79 Å². The van der Waals surface area contributed by atoms with E-state index in [4.69, 9.17) is 0 Å². The van der Waals surface area contributed by atoms with E-state index in [0.717, 1.165) is 69.2 Å². The lowest BCUT2D eigenvalue weighted by molar-refractivity contribution is -0.136. The molecule has 0 N–H and O–H groups in total. The van der Waals surface area contributed by atoms with Crippen molar-refractivity contribution in [2.24, 2.45) is 5.92 Å². The van der Waals surface area contributed by atoms with Crippen LogP contribution in [0.1, 0.15) is 18.4 Å². The van der Waals surface area contributed by atoms with Gasteiger partial charge in [-0.1, -0.05) is 42.5 Å². The van der Waals surface area contributed by atoms with E-state index in [9.17, 15) is 4.79 Å². The number of aryl methyl sites for hydroxylation is 1. The van der Waals surface area contributed by atoms with Crippen LogP contribution in [0.25, 0.3) is 11.3 Å². The van der Waals surface area contributed by atoms with Crippen molar-refractivity contribution in [3.05, 3.63) is 72.3 Å². The minimum atomic E-state index is 0.0277. The molecule has 1 amide bonds. The predicted octanol–water partition coefficient (Wildman–Crippen LogP) is 4.02. The lowest BCUT2D eigenvalue weighted by atomic mass is 9.96. The molecule has 170 valence electrons. The molecule has 2 fully saturated rings. The van der Waals surface area contributed by atoms with E-state index in [1.165, 1.54) is 11.3 Å². The third kappa shape index (κ3) is 4.85. The molecule has 2 aliphatic heterocycles. The van der Waals surface area contributed by atoms with Crippen LogP contribution in [0.5, 0.6) is 0 Å². The molecule has 0 saturated carbocycles. The minimum absolute atomic E-state index is 0.0277. The topological polar surface area (TPSA) is 52.6 Å². The molecule has 3 heterocycles. The van der Waals surface area contributed by atoms with Crippen molar-refractivity contribution in [2.75, 3.05) is 49.1 Å². The molecule has 33 heavy (non-hydrogen) atoms. The third-order valence-electron chi connectivity index (χ3n) is 6.77. The Morgan fingerprint density at radius 2 is 1.67 bits per heavy atom. The molecule has 2 saturated heterocycles. The highest BCUT2D eigenvalue weighted by Gasteiger charge is 2.31. The zero-order valence-electron chi connectivity index (χ0n) is 19.2. The van der Waals surface area contributed by atoms with Crippen LogP contribution in [0.4, 0.5) is 11.5 Å². The highest BCUT2D eigenvalue weighted by Crippen LogP contribution is 2.25. The zero-order valence-corrected chi connectivity index (χ0v) is 19.2. The molecule has 1 unspecified atom stereocenters. The second kappa shape index (κ2) is 9.61. The second-order valence-electron chi connectivity index (χ2n) is 9.08. The van der Waals surface area contributed by atoms with E-state index >= 15 is 0 Å². The molecule has 2 aliphatic rings. The molecule has 0 radical (unpaired) electrons. The van der Waals surface area contributed by atoms with Gasteiger partial charge in [-0.25, -0.2) is 0 Å². The molecular formula is C27H31N5O. The number of piperazine rings is 1. The number of carbonyl (C=O) groups excluding carboxylic acids is 1. The SMILES string of the molecule is Cc1cccc(N2CCN(C(=O)C3CCCN(c4ccc(-c5ccccc5)nn4)C3)CC2)c1. The summed E-state index contributed by atoms with van der Waals surface area (Å²) in [6.07, 6.45) is 1.95. The van der Waals surface area contributed by atoms with Crippen LogP contribution in [0, 0.1) is 12.8 Å². The van der Waals surface area contributed by atoms with Gasteiger partial charge in [0.25, 0.3) is 0 Å². The Bertz CT molecular complexity index is 1080. The van der Waals surface area contributed by atoms with Gasteiger partial charge in [0.05, 0.1) is 11.6 Å². The summed E-state index contributed by atoms with van der Waals surface area (Å²) < 4.78 is 0. The molecule has 6 nitrogen and oxygen atoms in total. The van der Waals surface area contributed by atoms with Gasteiger partial charge in [-0.05, 0) is 49.6 Å². The van der Waals surface area contributed by atoms with E-state index in [1.54, 1.807) is 0 Å². The van der Waals surface area contributed by atoms with Gasteiger partial charge in [0.2, 0.25) is 5.91 Å². The Morgan fingerprint density at radius 3 is 2.39 bits per heavy atom. The Morgan fingerprint density at radius 1 is 0.848 bits per heavy atom. The van der Waals surface area contributed by atoms with Gasteiger partial charge in [-0.2, -0.15) is 0 Å². The van der Waals surface area contributed by atoms with Crippen LogP contribution < -0.4 is 9.80 Å². The number of aromatic nitrogens is 2. The van der Waals surface area contributed by atoms with E-state index in [-0.39, 0.29) is 11.8 Å². The largest absolute Gasteiger partial charge is 0.368 e. The van der Waals surface area contributed by atoms with Gasteiger partial charge in [0.15, 0.2) is 5.82 Å². The molecule has 0 aliphatic carbocycles. The smallest absolute Gasteiger partial charge is 0.227 e. The van der Waals surface area contributed by atoms with Gasteiger partial charge in [0, 0.05) is 50.5 Å². The number of benzene rings is 2. The second-order valence-corrected chi connectivity index (χ2v) is 9.08. The van der Waals surface area contributed by atoms with E-state index in [1.807, 2.05) is 42.5 Å². The molecule has 1 aromatic heterocycles. The molecule has 6 heteroatoms. The Kier molecular flexibility index (Phi) is 6.24. The number of hydrogen-bond acceptors (Lipinski definition) is 5. The average molecular weight is 442 g/mol. The molecule has 0 bridgehead atoms. The van der Waals surface area contributed by atoms with Crippen molar-refractivity contribution in [1.29, 1.82) is 0 Å². The maximum atomic E-state index is 13.3. The standard InChI is InChI=1S/C27H31N5O/c1-21-7-5-11-24(19-21)30-15-17-31(18-16-30)27(33)23-10-6-14-32(20-23)26-13-12-25(28-29-26)22-8-3-2-4-9-22/h2-5,7-9,11-13,19,23H,6,10,14-18,20H2,1H3. The summed E-state index contributed by atoms with van der Waals surface area (Å²) in [7, 11) is 0. The average Bonchev–Trinajstić information content (AvgIpc) is 2.89. The van der Waals surface area contributed by atoms with Crippen molar-refractivity contribution in [3.8, 4) is 11.3 Å². The minimum Gasteiger partial charge on any atom is -0.368 e. The predicted molar refractivity (Wildman–Crippen MR) is 132 cm³/mol. The third-order valence-corrected chi connectivity index (χ3v) is 6.77. The van der Waals surface area contributed by atoms with E-state index < -0.39 is 0 Å². The number of piperidine rings is 1. The van der Waals surface area contributed by atoms with Crippen molar-refractivity contribution in [2.45, 2.75) is 19.8 Å². The maximum Gasteiger partial charge on any atom is 0.227 e. The van der Waals surface area contributed by atoms with E-state index in [0.29, 0.717) is 0 Å². The first-order valence-corrected chi connectivity index (χ1v) is 11.9. The van der Waals surface area contributed by atoms with Crippen molar-refractivity contribution in [1.82, 2.24) is 15.1 Å². The fraction of sp³-hybridized carbons (Fsp3) is 0.370. The first-order valence-electron chi connectivity index (χ1n) is 11.9. The molecular weight excluding hydrogens is 410 g/mol. The lowest BCUT2D eigenvalue weighted by Crippen LogP contribution is -2.52. The Balaban J connectivity index is 1.19. The first kappa shape index (κ1) is 21.4. The summed E-state index contributed by atoms with van der Waals surface area (Å²) in [4.78, 5) is 20.0.